The summed E-state index contributed by atoms with van der Waals surface area (Å²) in [6, 6.07) is 2.71. The van der Waals surface area contributed by atoms with Crippen LogP contribution in [0.3, 0.4) is 0 Å². The van der Waals surface area contributed by atoms with E-state index in [1.54, 1.807) is 0 Å². The van der Waals surface area contributed by atoms with Crippen LogP contribution in [0, 0.1) is 0 Å². The number of aromatic hydroxyl groups is 1. The van der Waals surface area contributed by atoms with E-state index in [4.69, 9.17) is 20.2 Å². The summed E-state index contributed by atoms with van der Waals surface area (Å²) < 4.78 is 31.6. The van der Waals surface area contributed by atoms with Gasteiger partial charge in [-0.3, -0.25) is 0 Å². The summed E-state index contributed by atoms with van der Waals surface area (Å²) in [5.41, 5.74) is 0.324. The van der Waals surface area contributed by atoms with Crippen molar-refractivity contribution < 1.29 is 23.0 Å². The predicted octanol–water partition coefficient (Wildman–Crippen LogP) is 1.48. The molecule has 0 aromatic heterocycles. The van der Waals surface area contributed by atoms with Gasteiger partial charge in [-0.05, 0) is 17.7 Å². The molecule has 1 aromatic rings. The van der Waals surface area contributed by atoms with Gasteiger partial charge in [-0.25, -0.2) is 8.42 Å². The number of benzene rings is 1. The third-order valence-corrected chi connectivity index (χ3v) is 2.86. The van der Waals surface area contributed by atoms with Crippen LogP contribution in [-0.2, 0) is 14.8 Å². The van der Waals surface area contributed by atoms with Gasteiger partial charge in [0.05, 0.1) is 20.0 Å². The summed E-state index contributed by atoms with van der Waals surface area (Å²) in [4.78, 5) is 0. The molecule has 1 N–H and O–H groups in total. The quantitative estimate of drug-likeness (QED) is 0.836. The van der Waals surface area contributed by atoms with E-state index in [0.29, 0.717) is 5.56 Å². The number of ether oxygens (including phenoxy) is 2. The molecular weight excluding hydrogens is 256 g/mol. The second-order valence-corrected chi connectivity index (χ2v) is 5.81. The standard InChI is InChI=1S/C9H11ClO5S/c1-14-8-4-6(5-16(10,12)13)3-7(11)9(8)15-2/h3-4,11H,5H2,1-2H3. The maximum Gasteiger partial charge on any atom is 0.236 e. The molecule has 90 valence electrons. The molecule has 1 aromatic carbocycles. The summed E-state index contributed by atoms with van der Waals surface area (Å²) in [5, 5.41) is 9.56. The van der Waals surface area contributed by atoms with Crippen molar-refractivity contribution in [2.75, 3.05) is 14.2 Å². The van der Waals surface area contributed by atoms with Gasteiger partial charge in [-0.15, -0.1) is 0 Å². The lowest BCUT2D eigenvalue weighted by Crippen LogP contribution is -1.97. The topological polar surface area (TPSA) is 72.8 Å². The normalized spacial score (nSPS) is 11.2. The molecule has 5 nitrogen and oxygen atoms in total. The van der Waals surface area contributed by atoms with Crippen LogP contribution in [0.4, 0.5) is 0 Å². The zero-order chi connectivity index (χ0) is 12.3. The summed E-state index contributed by atoms with van der Waals surface area (Å²) in [6.07, 6.45) is 0. The van der Waals surface area contributed by atoms with Gasteiger partial charge in [0.1, 0.15) is 0 Å². The Bertz CT molecular complexity index is 483. The molecule has 0 aliphatic heterocycles. The highest BCUT2D eigenvalue weighted by Gasteiger charge is 2.15. The third kappa shape index (κ3) is 3.18. The Kier molecular flexibility index (Phi) is 3.88. The number of phenolic OH excluding ortho intramolecular Hbond substituents is 1. The first-order valence-corrected chi connectivity index (χ1v) is 6.71. The van der Waals surface area contributed by atoms with Crippen molar-refractivity contribution in [1.82, 2.24) is 0 Å². The van der Waals surface area contributed by atoms with Gasteiger partial charge in [0.2, 0.25) is 14.8 Å². The van der Waals surface area contributed by atoms with Crippen LogP contribution in [-0.4, -0.2) is 27.7 Å². The van der Waals surface area contributed by atoms with E-state index in [-0.39, 0.29) is 23.0 Å². The van der Waals surface area contributed by atoms with E-state index < -0.39 is 9.05 Å². The van der Waals surface area contributed by atoms with E-state index >= 15 is 0 Å². The van der Waals surface area contributed by atoms with E-state index in [1.165, 1.54) is 26.4 Å². The first-order chi connectivity index (χ1) is 7.37. The molecule has 0 atom stereocenters. The molecule has 0 fully saturated rings. The van der Waals surface area contributed by atoms with Gasteiger partial charge in [-0.1, -0.05) is 0 Å². The van der Waals surface area contributed by atoms with Crippen LogP contribution >= 0.6 is 10.7 Å². The fraction of sp³-hybridized carbons (Fsp3) is 0.333. The largest absolute Gasteiger partial charge is 0.504 e. The Morgan fingerprint density at radius 2 is 1.94 bits per heavy atom. The molecule has 0 heterocycles. The van der Waals surface area contributed by atoms with Crippen molar-refractivity contribution in [3.8, 4) is 17.2 Å². The molecule has 0 amide bonds. The second-order valence-electron chi connectivity index (χ2n) is 3.03. The molecule has 0 radical (unpaired) electrons. The highest BCUT2D eigenvalue weighted by molar-refractivity contribution is 8.13. The average Bonchev–Trinajstić information content (AvgIpc) is 2.14. The Labute approximate surface area is 98.0 Å². The predicted molar refractivity (Wildman–Crippen MR) is 59.7 cm³/mol. The number of halogens is 1. The maximum absolute atomic E-state index is 10.9. The smallest absolute Gasteiger partial charge is 0.236 e. The first kappa shape index (κ1) is 12.9. The average molecular weight is 267 g/mol. The highest BCUT2D eigenvalue weighted by atomic mass is 35.7. The monoisotopic (exact) mass is 266 g/mol. The third-order valence-electron chi connectivity index (χ3n) is 1.86. The highest BCUT2D eigenvalue weighted by Crippen LogP contribution is 2.37. The number of rotatable bonds is 4. The minimum absolute atomic E-state index is 0.151. The summed E-state index contributed by atoms with van der Waals surface area (Å²) in [5.74, 6) is -0.184. The molecule has 0 saturated heterocycles. The van der Waals surface area contributed by atoms with Crippen molar-refractivity contribution in [2.24, 2.45) is 0 Å². The first-order valence-electron chi connectivity index (χ1n) is 4.23. The fourth-order valence-corrected chi connectivity index (χ4v) is 2.22. The van der Waals surface area contributed by atoms with Crippen LogP contribution in [0.15, 0.2) is 12.1 Å². The van der Waals surface area contributed by atoms with Crippen molar-refractivity contribution in [2.45, 2.75) is 5.75 Å². The Morgan fingerprint density at radius 3 is 2.38 bits per heavy atom. The Morgan fingerprint density at radius 1 is 1.31 bits per heavy atom. The van der Waals surface area contributed by atoms with Crippen LogP contribution in [0.1, 0.15) is 5.56 Å². The molecule has 0 spiro atoms. The minimum atomic E-state index is -3.67. The van der Waals surface area contributed by atoms with Gasteiger partial charge in [-0.2, -0.15) is 0 Å². The zero-order valence-electron chi connectivity index (χ0n) is 8.73. The van der Waals surface area contributed by atoms with Crippen LogP contribution in [0.25, 0.3) is 0 Å². The van der Waals surface area contributed by atoms with E-state index in [0.717, 1.165) is 0 Å². The number of methoxy groups -OCH3 is 2. The molecule has 16 heavy (non-hydrogen) atoms. The second kappa shape index (κ2) is 4.80. The number of hydrogen-bond acceptors (Lipinski definition) is 5. The van der Waals surface area contributed by atoms with Gasteiger partial charge in [0.15, 0.2) is 11.5 Å². The van der Waals surface area contributed by atoms with Gasteiger partial charge in [0.25, 0.3) is 0 Å². The Hall–Kier alpha value is -1.14. The molecule has 0 saturated carbocycles. The summed E-state index contributed by atoms with van der Waals surface area (Å²) in [7, 11) is 4.19. The molecule has 0 aliphatic rings. The van der Waals surface area contributed by atoms with Gasteiger partial charge in [0, 0.05) is 10.7 Å². The lowest BCUT2D eigenvalue weighted by molar-refractivity contribution is 0.332. The molecule has 0 aliphatic carbocycles. The molecular formula is C9H11ClO5S. The zero-order valence-corrected chi connectivity index (χ0v) is 10.3. The number of phenols is 1. The lowest BCUT2D eigenvalue weighted by atomic mass is 10.2. The lowest BCUT2D eigenvalue weighted by Gasteiger charge is -2.10. The maximum atomic E-state index is 10.9. The minimum Gasteiger partial charge on any atom is -0.504 e. The van der Waals surface area contributed by atoms with Gasteiger partial charge < -0.3 is 14.6 Å². The number of hydrogen-bond donors (Lipinski definition) is 1. The van der Waals surface area contributed by atoms with Crippen molar-refractivity contribution in [3.05, 3.63) is 17.7 Å². The van der Waals surface area contributed by atoms with Crippen LogP contribution < -0.4 is 9.47 Å². The SMILES string of the molecule is COc1cc(CS(=O)(=O)Cl)cc(O)c1OC. The molecule has 0 unspecified atom stereocenters. The van der Waals surface area contributed by atoms with Crippen molar-refractivity contribution in [3.63, 3.8) is 0 Å². The van der Waals surface area contributed by atoms with E-state index in [1.807, 2.05) is 0 Å². The summed E-state index contributed by atoms with van der Waals surface area (Å²) >= 11 is 0. The van der Waals surface area contributed by atoms with E-state index in [2.05, 4.69) is 0 Å². The summed E-state index contributed by atoms with van der Waals surface area (Å²) in [6.45, 7) is 0. The van der Waals surface area contributed by atoms with E-state index in [9.17, 15) is 13.5 Å². The Balaban J connectivity index is 3.20. The fourth-order valence-electron chi connectivity index (χ4n) is 1.28. The molecule has 1 rings (SSSR count). The van der Waals surface area contributed by atoms with Crippen LogP contribution in [0.2, 0.25) is 0 Å². The van der Waals surface area contributed by atoms with Crippen molar-refractivity contribution >= 4 is 19.7 Å². The molecule has 0 bridgehead atoms. The van der Waals surface area contributed by atoms with Crippen molar-refractivity contribution in [1.29, 1.82) is 0 Å². The molecule has 7 heteroatoms. The van der Waals surface area contributed by atoms with Crippen LogP contribution in [0.5, 0.6) is 17.2 Å². The van der Waals surface area contributed by atoms with Gasteiger partial charge >= 0.3 is 0 Å².